The van der Waals surface area contributed by atoms with Crippen molar-refractivity contribution in [2.45, 2.75) is 32.1 Å². The van der Waals surface area contributed by atoms with Gasteiger partial charge in [0.05, 0.1) is 11.6 Å². The minimum absolute atomic E-state index is 0.0848. The van der Waals surface area contributed by atoms with Crippen molar-refractivity contribution in [3.8, 4) is 6.07 Å². The van der Waals surface area contributed by atoms with Crippen LogP contribution in [-0.4, -0.2) is 5.91 Å². The molecule has 1 aliphatic carbocycles. The molecule has 0 saturated heterocycles. The quantitative estimate of drug-likeness (QED) is 0.864. The van der Waals surface area contributed by atoms with Gasteiger partial charge in [0.15, 0.2) is 0 Å². The van der Waals surface area contributed by atoms with Crippen LogP contribution in [0.3, 0.4) is 0 Å². The molecule has 1 aliphatic rings. The SMILES string of the molecule is N#Cc1ccc(NC(=O)CC2CCCC2)cc1. The van der Waals surface area contributed by atoms with Gasteiger partial charge < -0.3 is 5.32 Å². The maximum Gasteiger partial charge on any atom is 0.224 e. The lowest BCUT2D eigenvalue weighted by Crippen LogP contribution is -2.14. The summed E-state index contributed by atoms with van der Waals surface area (Å²) in [5, 5.41) is 11.5. The first-order valence-corrected chi connectivity index (χ1v) is 6.08. The molecular formula is C14H16N2O. The van der Waals surface area contributed by atoms with Gasteiger partial charge in [-0.15, -0.1) is 0 Å². The zero-order chi connectivity index (χ0) is 12.1. The molecule has 2 rings (SSSR count). The number of rotatable bonds is 3. The first-order valence-electron chi connectivity index (χ1n) is 6.08. The number of amides is 1. The number of benzene rings is 1. The van der Waals surface area contributed by atoms with Crippen LogP contribution >= 0.6 is 0 Å². The zero-order valence-corrected chi connectivity index (χ0v) is 9.78. The number of nitriles is 1. The molecule has 1 N–H and O–H groups in total. The third-order valence-corrected chi connectivity index (χ3v) is 3.25. The monoisotopic (exact) mass is 228 g/mol. The minimum atomic E-state index is 0.0848. The number of anilines is 1. The predicted molar refractivity (Wildman–Crippen MR) is 66.4 cm³/mol. The number of nitrogens with one attached hydrogen (secondary N) is 1. The molecule has 1 aromatic rings. The van der Waals surface area contributed by atoms with Gasteiger partial charge in [0.1, 0.15) is 0 Å². The molecule has 0 unspecified atom stereocenters. The molecule has 0 aliphatic heterocycles. The molecule has 1 saturated carbocycles. The molecule has 0 bridgehead atoms. The van der Waals surface area contributed by atoms with Gasteiger partial charge in [0, 0.05) is 12.1 Å². The normalized spacial score (nSPS) is 15.5. The van der Waals surface area contributed by atoms with Gasteiger partial charge in [-0.2, -0.15) is 5.26 Å². The molecule has 0 heterocycles. The molecule has 3 nitrogen and oxygen atoms in total. The molecule has 88 valence electrons. The van der Waals surface area contributed by atoms with Crippen LogP contribution in [0.4, 0.5) is 5.69 Å². The number of nitrogens with zero attached hydrogens (tertiary/aromatic N) is 1. The average molecular weight is 228 g/mol. The summed E-state index contributed by atoms with van der Waals surface area (Å²) in [5.41, 5.74) is 1.38. The maximum atomic E-state index is 11.7. The van der Waals surface area contributed by atoms with Crippen molar-refractivity contribution in [1.82, 2.24) is 0 Å². The largest absolute Gasteiger partial charge is 0.326 e. The fourth-order valence-electron chi connectivity index (χ4n) is 2.32. The molecule has 1 fully saturated rings. The molecular weight excluding hydrogens is 212 g/mol. The first kappa shape index (κ1) is 11.7. The lowest BCUT2D eigenvalue weighted by molar-refractivity contribution is -0.117. The summed E-state index contributed by atoms with van der Waals surface area (Å²) in [6.45, 7) is 0. The van der Waals surface area contributed by atoms with Gasteiger partial charge in [-0.3, -0.25) is 4.79 Å². The lowest BCUT2D eigenvalue weighted by Gasteiger charge is -2.09. The van der Waals surface area contributed by atoms with Crippen molar-refractivity contribution < 1.29 is 4.79 Å². The Kier molecular flexibility index (Phi) is 3.77. The van der Waals surface area contributed by atoms with Gasteiger partial charge in [0.2, 0.25) is 5.91 Å². The Morgan fingerprint density at radius 2 is 1.94 bits per heavy atom. The fourth-order valence-corrected chi connectivity index (χ4v) is 2.32. The van der Waals surface area contributed by atoms with E-state index in [4.69, 9.17) is 5.26 Å². The molecule has 0 spiro atoms. The Morgan fingerprint density at radius 1 is 1.29 bits per heavy atom. The van der Waals surface area contributed by atoms with Crippen molar-refractivity contribution in [3.63, 3.8) is 0 Å². The molecule has 1 amide bonds. The fraction of sp³-hybridized carbons (Fsp3) is 0.429. The Labute approximate surface area is 101 Å². The van der Waals surface area contributed by atoms with Crippen LogP contribution in [0.1, 0.15) is 37.7 Å². The second-order valence-electron chi connectivity index (χ2n) is 4.59. The summed E-state index contributed by atoms with van der Waals surface area (Å²) >= 11 is 0. The highest BCUT2D eigenvalue weighted by Gasteiger charge is 2.18. The standard InChI is InChI=1S/C14H16N2O/c15-10-12-5-7-13(8-6-12)16-14(17)9-11-3-1-2-4-11/h5-8,11H,1-4,9H2,(H,16,17). The third-order valence-electron chi connectivity index (χ3n) is 3.25. The summed E-state index contributed by atoms with van der Waals surface area (Å²) in [6.07, 6.45) is 5.51. The molecule has 0 aromatic heterocycles. The Hall–Kier alpha value is -1.82. The maximum absolute atomic E-state index is 11.7. The molecule has 1 aromatic carbocycles. The van der Waals surface area contributed by atoms with E-state index < -0.39 is 0 Å². The van der Waals surface area contributed by atoms with Crippen molar-refractivity contribution in [1.29, 1.82) is 5.26 Å². The topological polar surface area (TPSA) is 52.9 Å². The van der Waals surface area contributed by atoms with E-state index in [1.807, 2.05) is 0 Å². The van der Waals surface area contributed by atoms with E-state index >= 15 is 0 Å². The van der Waals surface area contributed by atoms with Gasteiger partial charge >= 0.3 is 0 Å². The van der Waals surface area contributed by atoms with Crippen LogP contribution in [0.25, 0.3) is 0 Å². The summed E-state index contributed by atoms with van der Waals surface area (Å²) in [6, 6.07) is 9.02. The van der Waals surface area contributed by atoms with Crippen LogP contribution in [0.15, 0.2) is 24.3 Å². The minimum Gasteiger partial charge on any atom is -0.326 e. The molecule has 3 heteroatoms. The van der Waals surface area contributed by atoms with E-state index in [-0.39, 0.29) is 5.91 Å². The van der Waals surface area contributed by atoms with Crippen molar-refractivity contribution >= 4 is 11.6 Å². The number of carbonyl (C=O) groups is 1. The highest BCUT2D eigenvalue weighted by atomic mass is 16.1. The van der Waals surface area contributed by atoms with E-state index in [1.54, 1.807) is 24.3 Å². The van der Waals surface area contributed by atoms with Gasteiger partial charge in [-0.25, -0.2) is 0 Å². The smallest absolute Gasteiger partial charge is 0.224 e. The van der Waals surface area contributed by atoms with Gasteiger partial charge in [0.25, 0.3) is 0 Å². The number of hydrogen-bond donors (Lipinski definition) is 1. The van der Waals surface area contributed by atoms with E-state index in [0.717, 1.165) is 5.69 Å². The van der Waals surface area contributed by atoms with Crippen molar-refractivity contribution in [3.05, 3.63) is 29.8 Å². The summed E-state index contributed by atoms with van der Waals surface area (Å²) in [5.74, 6) is 0.648. The highest BCUT2D eigenvalue weighted by molar-refractivity contribution is 5.90. The molecule has 0 atom stereocenters. The number of carbonyl (C=O) groups excluding carboxylic acids is 1. The summed E-state index contributed by atoms with van der Waals surface area (Å²) in [7, 11) is 0. The van der Waals surface area contributed by atoms with E-state index in [2.05, 4.69) is 11.4 Å². The Bertz CT molecular complexity index is 425. The molecule has 17 heavy (non-hydrogen) atoms. The second-order valence-corrected chi connectivity index (χ2v) is 4.59. The van der Waals surface area contributed by atoms with Crippen molar-refractivity contribution in [2.75, 3.05) is 5.32 Å². The van der Waals surface area contributed by atoms with Gasteiger partial charge in [-0.1, -0.05) is 12.8 Å². The van der Waals surface area contributed by atoms with Crippen molar-refractivity contribution in [2.24, 2.45) is 5.92 Å². The van der Waals surface area contributed by atoms with Gasteiger partial charge in [-0.05, 0) is 43.0 Å². The number of hydrogen-bond acceptors (Lipinski definition) is 2. The van der Waals surface area contributed by atoms with Crippen LogP contribution in [0.5, 0.6) is 0 Å². The lowest BCUT2D eigenvalue weighted by atomic mass is 10.0. The van der Waals surface area contributed by atoms with E-state index in [1.165, 1.54) is 25.7 Å². The Balaban J connectivity index is 1.86. The average Bonchev–Trinajstić information content (AvgIpc) is 2.82. The summed E-state index contributed by atoms with van der Waals surface area (Å²) < 4.78 is 0. The zero-order valence-electron chi connectivity index (χ0n) is 9.78. The first-order chi connectivity index (χ1) is 8.28. The predicted octanol–water partition coefficient (Wildman–Crippen LogP) is 3.08. The Morgan fingerprint density at radius 3 is 2.53 bits per heavy atom. The van der Waals surface area contributed by atoms with E-state index in [9.17, 15) is 4.79 Å². The van der Waals surface area contributed by atoms with E-state index in [0.29, 0.717) is 17.9 Å². The highest BCUT2D eigenvalue weighted by Crippen LogP contribution is 2.27. The summed E-state index contributed by atoms with van der Waals surface area (Å²) in [4.78, 5) is 11.7. The second kappa shape index (κ2) is 5.49. The van der Waals surface area contributed by atoms with Crippen LogP contribution in [0.2, 0.25) is 0 Å². The van der Waals surface area contributed by atoms with Crippen LogP contribution in [-0.2, 0) is 4.79 Å². The third kappa shape index (κ3) is 3.32. The molecule has 0 radical (unpaired) electrons. The van der Waals surface area contributed by atoms with Crippen LogP contribution < -0.4 is 5.32 Å². The van der Waals surface area contributed by atoms with Crippen LogP contribution in [0, 0.1) is 17.2 Å².